The quantitative estimate of drug-likeness (QED) is 0.788. The van der Waals surface area contributed by atoms with Gasteiger partial charge in [0.1, 0.15) is 6.23 Å². The maximum atomic E-state index is 13.9. The van der Waals surface area contributed by atoms with Gasteiger partial charge in [0.05, 0.1) is 6.33 Å². The number of aliphatic hydroxyl groups is 1. The van der Waals surface area contributed by atoms with E-state index in [0.29, 0.717) is 30.1 Å². The summed E-state index contributed by atoms with van der Waals surface area (Å²) in [5, 5.41) is 12.2. The molecule has 2 N–H and O–H groups in total. The fourth-order valence-corrected chi connectivity index (χ4v) is 2.87. The lowest BCUT2D eigenvalue weighted by Crippen LogP contribution is -2.13. The number of nitrogens with one attached hydrogen (secondary N) is 1. The Kier molecular flexibility index (Phi) is 5.57. The lowest BCUT2D eigenvalue weighted by Gasteiger charge is -2.17. The first-order valence-electron chi connectivity index (χ1n) is 8.55. The zero-order chi connectivity index (χ0) is 16.9. The van der Waals surface area contributed by atoms with E-state index in [-0.39, 0.29) is 18.8 Å². The van der Waals surface area contributed by atoms with E-state index in [1.807, 2.05) is 6.92 Å². The van der Waals surface area contributed by atoms with Crippen LogP contribution in [-0.2, 0) is 4.74 Å². The first-order valence-corrected chi connectivity index (χ1v) is 8.55. The molecule has 2 aromatic rings. The zero-order valence-corrected chi connectivity index (χ0v) is 13.9. The summed E-state index contributed by atoms with van der Waals surface area (Å²) < 4.78 is 21.5. The summed E-state index contributed by atoms with van der Waals surface area (Å²) in [4.78, 5) is 12.1. The van der Waals surface area contributed by atoms with Crippen LogP contribution in [0.4, 0.5) is 10.2 Å². The maximum Gasteiger partial charge on any atom is 0.312 e. The Morgan fingerprint density at radius 1 is 1.42 bits per heavy atom. The molecule has 7 nitrogen and oxygen atoms in total. The second kappa shape index (κ2) is 7.85. The molecule has 1 aliphatic heterocycles. The molecule has 0 amide bonds. The Bertz CT molecular complexity index is 670. The van der Waals surface area contributed by atoms with Crippen molar-refractivity contribution in [1.82, 2.24) is 19.5 Å². The normalized spacial score (nSPS) is 20.0. The first-order chi connectivity index (χ1) is 11.7. The zero-order valence-electron chi connectivity index (χ0n) is 13.9. The molecule has 1 fully saturated rings. The third-order valence-electron chi connectivity index (χ3n) is 4.35. The Balaban J connectivity index is 1.83. The third kappa shape index (κ3) is 3.81. The molecule has 0 bridgehead atoms. The highest BCUT2D eigenvalue weighted by Crippen LogP contribution is 2.27. The molecule has 1 saturated heterocycles. The molecule has 0 spiro atoms. The van der Waals surface area contributed by atoms with E-state index in [4.69, 9.17) is 9.84 Å². The van der Waals surface area contributed by atoms with E-state index < -0.39 is 6.08 Å². The van der Waals surface area contributed by atoms with Gasteiger partial charge in [0.15, 0.2) is 17.0 Å². The molecule has 3 rings (SSSR count). The molecule has 24 heavy (non-hydrogen) atoms. The van der Waals surface area contributed by atoms with E-state index >= 15 is 0 Å². The van der Waals surface area contributed by atoms with Crippen LogP contribution in [0.5, 0.6) is 0 Å². The number of anilines is 1. The van der Waals surface area contributed by atoms with Gasteiger partial charge in [-0.1, -0.05) is 13.3 Å². The highest BCUT2D eigenvalue weighted by Gasteiger charge is 2.20. The smallest absolute Gasteiger partial charge is 0.312 e. The molecular weight excluding hydrogens is 313 g/mol. The monoisotopic (exact) mass is 337 g/mol. The minimum absolute atomic E-state index is 0.128. The van der Waals surface area contributed by atoms with Crippen molar-refractivity contribution < 1.29 is 14.2 Å². The number of aliphatic hydroxyl groups excluding tert-OH is 1. The summed E-state index contributed by atoms with van der Waals surface area (Å²) >= 11 is 0. The number of hydrogen-bond acceptors (Lipinski definition) is 6. The summed E-state index contributed by atoms with van der Waals surface area (Å²) in [7, 11) is 0. The molecule has 2 atom stereocenters. The number of halogens is 1. The summed E-state index contributed by atoms with van der Waals surface area (Å²) in [6, 6.07) is 0. The predicted molar refractivity (Wildman–Crippen MR) is 88.1 cm³/mol. The van der Waals surface area contributed by atoms with Crippen molar-refractivity contribution in [1.29, 1.82) is 0 Å². The first kappa shape index (κ1) is 17.0. The number of ether oxygens (including phenoxy) is 1. The van der Waals surface area contributed by atoms with E-state index in [0.717, 1.165) is 32.1 Å². The van der Waals surface area contributed by atoms with Gasteiger partial charge in [-0.05, 0) is 31.6 Å². The molecule has 1 aliphatic rings. The minimum Gasteiger partial charge on any atom is -0.396 e. The second-order valence-corrected chi connectivity index (χ2v) is 6.34. The Labute approximate surface area is 140 Å². The van der Waals surface area contributed by atoms with Crippen LogP contribution in [0.15, 0.2) is 6.33 Å². The lowest BCUT2D eigenvalue weighted by atomic mass is 10.1. The number of nitrogens with zero attached hydrogens (tertiary/aromatic N) is 4. The molecule has 2 unspecified atom stereocenters. The van der Waals surface area contributed by atoms with Gasteiger partial charge < -0.3 is 15.2 Å². The summed E-state index contributed by atoms with van der Waals surface area (Å²) in [6.45, 7) is 3.36. The van der Waals surface area contributed by atoms with Crippen LogP contribution in [0.2, 0.25) is 0 Å². The van der Waals surface area contributed by atoms with Gasteiger partial charge in [0.2, 0.25) is 0 Å². The van der Waals surface area contributed by atoms with Crippen LogP contribution in [0.1, 0.15) is 45.3 Å². The molecule has 2 aromatic heterocycles. The van der Waals surface area contributed by atoms with Crippen molar-refractivity contribution in [2.24, 2.45) is 5.92 Å². The van der Waals surface area contributed by atoms with Crippen molar-refractivity contribution >= 4 is 17.0 Å². The molecule has 3 heterocycles. The van der Waals surface area contributed by atoms with Gasteiger partial charge in [-0.2, -0.15) is 14.4 Å². The fraction of sp³-hybridized carbons (Fsp3) is 0.688. The van der Waals surface area contributed by atoms with Crippen LogP contribution in [0.25, 0.3) is 11.2 Å². The average Bonchev–Trinajstić information content (AvgIpc) is 2.81. The van der Waals surface area contributed by atoms with E-state index in [1.54, 1.807) is 10.9 Å². The predicted octanol–water partition coefficient (Wildman–Crippen LogP) is 2.49. The lowest BCUT2D eigenvalue weighted by molar-refractivity contribution is 0.00928. The highest BCUT2D eigenvalue weighted by atomic mass is 19.1. The van der Waals surface area contributed by atoms with Crippen LogP contribution >= 0.6 is 0 Å². The Morgan fingerprint density at radius 3 is 3.12 bits per heavy atom. The maximum absolute atomic E-state index is 13.9. The summed E-state index contributed by atoms with van der Waals surface area (Å²) in [6.07, 6.45) is 5.59. The number of hydrogen-bond donors (Lipinski definition) is 2. The van der Waals surface area contributed by atoms with Gasteiger partial charge in [-0.15, -0.1) is 0 Å². The van der Waals surface area contributed by atoms with Crippen LogP contribution in [0.3, 0.4) is 0 Å². The Hall–Kier alpha value is -1.80. The van der Waals surface area contributed by atoms with Crippen LogP contribution < -0.4 is 5.32 Å². The minimum atomic E-state index is -0.782. The fourth-order valence-electron chi connectivity index (χ4n) is 2.87. The van der Waals surface area contributed by atoms with Gasteiger partial charge >= 0.3 is 6.08 Å². The van der Waals surface area contributed by atoms with Crippen molar-refractivity contribution in [3.8, 4) is 0 Å². The number of fused-ring (bicyclic) bond motifs is 1. The average molecular weight is 337 g/mol. The molecule has 0 saturated carbocycles. The second-order valence-electron chi connectivity index (χ2n) is 6.34. The van der Waals surface area contributed by atoms with Gasteiger partial charge in [0, 0.05) is 19.8 Å². The van der Waals surface area contributed by atoms with Crippen molar-refractivity contribution in [2.75, 3.05) is 25.1 Å². The number of imidazole rings is 1. The molecular formula is C16H24FN5O2. The van der Waals surface area contributed by atoms with Crippen molar-refractivity contribution in [2.45, 2.75) is 45.3 Å². The van der Waals surface area contributed by atoms with E-state index in [2.05, 4.69) is 20.3 Å². The SMILES string of the molecule is CC(CO)CCNc1nc(F)nc2c1ncn2C1CCCCCO1. The largest absolute Gasteiger partial charge is 0.396 e. The molecule has 0 aliphatic carbocycles. The molecule has 0 radical (unpaired) electrons. The van der Waals surface area contributed by atoms with Gasteiger partial charge in [-0.3, -0.25) is 4.57 Å². The molecule has 8 heteroatoms. The van der Waals surface area contributed by atoms with Crippen molar-refractivity contribution in [3.05, 3.63) is 12.4 Å². The Morgan fingerprint density at radius 2 is 2.29 bits per heavy atom. The highest BCUT2D eigenvalue weighted by molar-refractivity contribution is 5.82. The summed E-state index contributed by atoms with van der Waals surface area (Å²) in [5.41, 5.74) is 0.994. The van der Waals surface area contributed by atoms with Crippen molar-refractivity contribution in [3.63, 3.8) is 0 Å². The van der Waals surface area contributed by atoms with E-state index in [1.165, 1.54) is 0 Å². The third-order valence-corrected chi connectivity index (χ3v) is 4.35. The van der Waals surface area contributed by atoms with Crippen LogP contribution in [-0.4, -0.2) is 44.4 Å². The summed E-state index contributed by atoms with van der Waals surface area (Å²) in [5.74, 6) is 0.562. The van der Waals surface area contributed by atoms with Gasteiger partial charge in [0.25, 0.3) is 0 Å². The molecule has 132 valence electrons. The topological polar surface area (TPSA) is 85.1 Å². The number of aromatic nitrogens is 4. The van der Waals surface area contributed by atoms with Gasteiger partial charge in [-0.25, -0.2) is 4.98 Å². The molecule has 0 aromatic carbocycles. The number of rotatable bonds is 6. The van der Waals surface area contributed by atoms with E-state index in [9.17, 15) is 4.39 Å². The van der Waals surface area contributed by atoms with Crippen LogP contribution in [0, 0.1) is 12.0 Å². The standard InChI is InChI=1S/C16H24FN5O2/c1-11(9-23)6-7-18-14-13-15(21-16(17)20-14)22(10-19-13)12-5-3-2-4-8-24-12/h10-12,23H,2-9H2,1H3,(H,18,20,21).